The Balaban J connectivity index is 1.62. The van der Waals surface area contributed by atoms with Crippen molar-refractivity contribution in [1.29, 1.82) is 0 Å². The van der Waals surface area contributed by atoms with Crippen LogP contribution in [0.1, 0.15) is 49.5 Å². The van der Waals surface area contributed by atoms with Crippen molar-refractivity contribution in [3.05, 3.63) is 59.7 Å². The van der Waals surface area contributed by atoms with Gasteiger partial charge in [0.05, 0.1) is 17.6 Å². The zero-order valence-corrected chi connectivity index (χ0v) is 18.8. The molecule has 0 spiro atoms. The molecular weight excluding hydrogens is 400 g/mol. The SMILES string of the molecule is COc1ccccc1C(=O)N1CCC(NS(=O)(=O)c2ccc(C(C)(C)C)cc2)CC1. The van der Waals surface area contributed by atoms with Crippen LogP contribution in [0.4, 0.5) is 0 Å². The maximum absolute atomic E-state index is 12.8. The van der Waals surface area contributed by atoms with Crippen molar-refractivity contribution in [3.8, 4) is 5.75 Å². The molecule has 0 unspecified atom stereocenters. The molecule has 3 rings (SSSR count). The van der Waals surface area contributed by atoms with Gasteiger partial charge in [0.25, 0.3) is 5.91 Å². The highest BCUT2D eigenvalue weighted by Gasteiger charge is 2.28. The number of hydrogen-bond acceptors (Lipinski definition) is 4. The van der Waals surface area contributed by atoms with E-state index < -0.39 is 10.0 Å². The number of sulfonamides is 1. The van der Waals surface area contributed by atoms with Crippen LogP contribution >= 0.6 is 0 Å². The minimum absolute atomic E-state index is 0.0312. The molecule has 1 fully saturated rings. The number of rotatable bonds is 5. The smallest absolute Gasteiger partial charge is 0.257 e. The number of carbonyl (C=O) groups excluding carboxylic acids is 1. The second kappa shape index (κ2) is 8.78. The normalized spacial score (nSPS) is 15.8. The van der Waals surface area contributed by atoms with Gasteiger partial charge in [-0.3, -0.25) is 4.79 Å². The first-order chi connectivity index (χ1) is 14.1. The number of likely N-dealkylation sites (tertiary alicyclic amines) is 1. The highest BCUT2D eigenvalue weighted by Crippen LogP contribution is 2.25. The molecule has 1 saturated heterocycles. The number of piperidine rings is 1. The molecule has 0 aliphatic carbocycles. The Morgan fingerprint density at radius 1 is 1.03 bits per heavy atom. The van der Waals surface area contributed by atoms with Gasteiger partial charge in [-0.1, -0.05) is 45.0 Å². The van der Waals surface area contributed by atoms with E-state index in [1.54, 1.807) is 36.3 Å². The zero-order valence-electron chi connectivity index (χ0n) is 18.0. The van der Waals surface area contributed by atoms with Crippen LogP contribution in [0.25, 0.3) is 0 Å². The first-order valence-corrected chi connectivity index (χ1v) is 11.7. The molecule has 1 heterocycles. The van der Waals surface area contributed by atoms with E-state index in [1.165, 1.54) is 0 Å². The van der Waals surface area contributed by atoms with Gasteiger partial charge in [0.2, 0.25) is 10.0 Å². The molecule has 7 heteroatoms. The first-order valence-electron chi connectivity index (χ1n) is 10.2. The van der Waals surface area contributed by atoms with Crippen molar-refractivity contribution in [3.63, 3.8) is 0 Å². The molecule has 2 aromatic rings. The second-order valence-electron chi connectivity index (χ2n) is 8.66. The summed E-state index contributed by atoms with van der Waals surface area (Å²) < 4.78 is 33.6. The standard InChI is InChI=1S/C23H30N2O4S/c1-23(2,3)17-9-11-19(12-10-17)30(27,28)24-18-13-15-25(16-14-18)22(26)20-7-5-6-8-21(20)29-4/h5-12,18,24H,13-16H2,1-4H3. The van der Waals surface area contributed by atoms with Crippen molar-refractivity contribution < 1.29 is 17.9 Å². The molecule has 0 atom stereocenters. The molecule has 0 aromatic heterocycles. The van der Waals surface area contributed by atoms with E-state index in [4.69, 9.17) is 4.74 Å². The Hall–Kier alpha value is -2.38. The predicted molar refractivity (Wildman–Crippen MR) is 117 cm³/mol. The van der Waals surface area contributed by atoms with Crippen LogP contribution in [0.2, 0.25) is 0 Å². The summed E-state index contributed by atoms with van der Waals surface area (Å²) in [4.78, 5) is 14.8. The highest BCUT2D eigenvalue weighted by molar-refractivity contribution is 7.89. The lowest BCUT2D eigenvalue weighted by Gasteiger charge is -2.32. The van der Waals surface area contributed by atoms with Crippen LogP contribution in [-0.2, 0) is 15.4 Å². The summed E-state index contributed by atoms with van der Waals surface area (Å²) in [6, 6.07) is 14.0. The molecule has 30 heavy (non-hydrogen) atoms. The van der Waals surface area contributed by atoms with Crippen molar-refractivity contribution in [1.82, 2.24) is 9.62 Å². The van der Waals surface area contributed by atoms with E-state index in [2.05, 4.69) is 25.5 Å². The van der Waals surface area contributed by atoms with Gasteiger partial charge in [0.15, 0.2) is 0 Å². The molecule has 1 N–H and O–H groups in total. The Morgan fingerprint density at radius 2 is 1.63 bits per heavy atom. The lowest BCUT2D eigenvalue weighted by Crippen LogP contribution is -2.46. The average Bonchev–Trinajstić information content (AvgIpc) is 2.73. The van der Waals surface area contributed by atoms with Crippen LogP contribution < -0.4 is 9.46 Å². The summed E-state index contributed by atoms with van der Waals surface area (Å²) in [6.07, 6.45) is 1.14. The van der Waals surface area contributed by atoms with E-state index >= 15 is 0 Å². The van der Waals surface area contributed by atoms with Crippen molar-refractivity contribution in [2.75, 3.05) is 20.2 Å². The quantitative estimate of drug-likeness (QED) is 0.787. The Morgan fingerprint density at radius 3 is 2.20 bits per heavy atom. The molecule has 1 amide bonds. The van der Waals surface area contributed by atoms with Gasteiger partial charge in [0, 0.05) is 19.1 Å². The van der Waals surface area contributed by atoms with Gasteiger partial charge in [-0.25, -0.2) is 13.1 Å². The van der Waals surface area contributed by atoms with Crippen LogP contribution in [0.15, 0.2) is 53.4 Å². The van der Waals surface area contributed by atoms with Gasteiger partial charge < -0.3 is 9.64 Å². The minimum Gasteiger partial charge on any atom is -0.496 e. The molecule has 0 radical (unpaired) electrons. The zero-order chi connectivity index (χ0) is 21.9. The molecule has 1 aliphatic rings. The summed E-state index contributed by atoms with van der Waals surface area (Å²) in [5, 5.41) is 0. The Kier molecular flexibility index (Phi) is 6.53. The minimum atomic E-state index is -3.60. The van der Waals surface area contributed by atoms with Gasteiger partial charge in [-0.15, -0.1) is 0 Å². The first kappa shape index (κ1) is 22.3. The second-order valence-corrected chi connectivity index (χ2v) is 10.4. The predicted octanol–water partition coefficient (Wildman–Crippen LogP) is 3.58. The summed E-state index contributed by atoms with van der Waals surface area (Å²) in [5.74, 6) is 0.454. The van der Waals surface area contributed by atoms with Gasteiger partial charge in [-0.05, 0) is 48.1 Å². The third kappa shape index (κ3) is 5.02. The largest absolute Gasteiger partial charge is 0.496 e. The monoisotopic (exact) mass is 430 g/mol. The number of ether oxygens (including phenoxy) is 1. The molecule has 0 saturated carbocycles. The number of methoxy groups -OCH3 is 1. The van der Waals surface area contributed by atoms with E-state index in [0.717, 1.165) is 5.56 Å². The number of amides is 1. The number of nitrogens with one attached hydrogen (secondary N) is 1. The summed E-state index contributed by atoms with van der Waals surface area (Å²) in [5.41, 5.74) is 1.58. The third-order valence-electron chi connectivity index (χ3n) is 5.47. The topological polar surface area (TPSA) is 75.7 Å². The summed E-state index contributed by atoms with van der Waals surface area (Å²) >= 11 is 0. The van der Waals surface area contributed by atoms with E-state index in [0.29, 0.717) is 37.2 Å². The maximum atomic E-state index is 12.8. The molecule has 2 aromatic carbocycles. The van der Waals surface area contributed by atoms with Gasteiger partial charge in [-0.2, -0.15) is 0 Å². The lowest BCUT2D eigenvalue weighted by molar-refractivity contribution is 0.0708. The molecule has 6 nitrogen and oxygen atoms in total. The van der Waals surface area contributed by atoms with Crippen LogP contribution in [0, 0.1) is 0 Å². The fourth-order valence-electron chi connectivity index (χ4n) is 3.61. The van der Waals surface area contributed by atoms with Gasteiger partial charge in [0.1, 0.15) is 5.75 Å². The molecular formula is C23H30N2O4S. The van der Waals surface area contributed by atoms with Crippen LogP contribution in [0.3, 0.4) is 0 Å². The maximum Gasteiger partial charge on any atom is 0.257 e. The highest BCUT2D eigenvalue weighted by atomic mass is 32.2. The van der Waals surface area contributed by atoms with E-state index in [1.807, 2.05) is 24.3 Å². The fraction of sp³-hybridized carbons (Fsp3) is 0.435. The van der Waals surface area contributed by atoms with E-state index in [9.17, 15) is 13.2 Å². The number of benzene rings is 2. The molecule has 1 aliphatic heterocycles. The fourth-order valence-corrected chi connectivity index (χ4v) is 4.92. The summed E-state index contributed by atoms with van der Waals surface area (Å²) in [6.45, 7) is 7.26. The molecule has 162 valence electrons. The van der Waals surface area contributed by atoms with Crippen LogP contribution in [0.5, 0.6) is 5.75 Å². The van der Waals surface area contributed by atoms with Gasteiger partial charge >= 0.3 is 0 Å². The number of nitrogens with zero attached hydrogens (tertiary/aromatic N) is 1. The van der Waals surface area contributed by atoms with Crippen molar-refractivity contribution in [2.45, 2.75) is 50.0 Å². The Labute approximate surface area is 179 Å². The number of para-hydroxylation sites is 1. The van der Waals surface area contributed by atoms with Crippen LogP contribution in [-0.4, -0.2) is 45.5 Å². The Bertz CT molecular complexity index is 987. The number of carbonyl (C=O) groups is 1. The third-order valence-corrected chi connectivity index (χ3v) is 7.01. The number of hydrogen-bond donors (Lipinski definition) is 1. The van der Waals surface area contributed by atoms with E-state index in [-0.39, 0.29) is 22.3 Å². The summed E-state index contributed by atoms with van der Waals surface area (Å²) in [7, 11) is -2.05. The lowest BCUT2D eigenvalue weighted by atomic mass is 9.87. The average molecular weight is 431 g/mol. The molecule has 0 bridgehead atoms. The van der Waals surface area contributed by atoms with Crippen molar-refractivity contribution in [2.24, 2.45) is 0 Å². The van der Waals surface area contributed by atoms with Crippen molar-refractivity contribution >= 4 is 15.9 Å².